The van der Waals surface area contributed by atoms with Gasteiger partial charge in [0.05, 0.1) is 0 Å². The van der Waals surface area contributed by atoms with E-state index in [1.807, 2.05) is 23.9 Å². The highest BCUT2D eigenvalue weighted by molar-refractivity contribution is 7.98. The third-order valence-electron chi connectivity index (χ3n) is 2.17. The van der Waals surface area contributed by atoms with Crippen molar-refractivity contribution in [1.29, 1.82) is 0 Å². The number of hydrogen-bond acceptors (Lipinski definition) is 3. The number of benzene rings is 1. The van der Waals surface area contributed by atoms with Gasteiger partial charge in [-0.3, -0.25) is 0 Å². The number of rotatable bonds is 3. The molecule has 1 aromatic carbocycles. The average molecular weight is 223 g/mol. The van der Waals surface area contributed by atoms with Gasteiger partial charge in [0.2, 0.25) is 0 Å². The minimum atomic E-state index is 0.912. The molecule has 0 bridgehead atoms. The number of thioether (sulfide) groups is 1. The minimum absolute atomic E-state index is 0.912. The van der Waals surface area contributed by atoms with Gasteiger partial charge < -0.3 is 5.73 Å². The van der Waals surface area contributed by atoms with Crippen molar-refractivity contribution in [2.45, 2.75) is 12.7 Å². The van der Waals surface area contributed by atoms with Crippen LogP contribution in [0.2, 0.25) is 0 Å². The smallest absolute Gasteiger partial charge is 0.0405 e. The molecule has 1 aromatic heterocycles. The van der Waals surface area contributed by atoms with Crippen molar-refractivity contribution < 1.29 is 0 Å². The molecule has 0 aliphatic carbocycles. The molecule has 0 saturated heterocycles. The van der Waals surface area contributed by atoms with Crippen LogP contribution in [-0.2, 0) is 5.75 Å². The van der Waals surface area contributed by atoms with Crippen LogP contribution in [0.15, 0.2) is 23.6 Å². The molecule has 1 heterocycles. The van der Waals surface area contributed by atoms with Crippen LogP contribution in [0.4, 0.5) is 5.69 Å². The molecule has 0 aliphatic rings. The number of nitrogens with two attached hydrogens (primary N) is 1. The van der Waals surface area contributed by atoms with Crippen molar-refractivity contribution in [3.8, 4) is 0 Å². The fraction of sp³-hybridized carbons (Fsp3) is 0.273. The molecule has 0 fully saturated rings. The highest BCUT2D eigenvalue weighted by Crippen LogP contribution is 2.32. The summed E-state index contributed by atoms with van der Waals surface area (Å²) >= 11 is 3.73. The Hall–Kier alpha value is -0.670. The Morgan fingerprint density at radius 3 is 3.07 bits per heavy atom. The van der Waals surface area contributed by atoms with Gasteiger partial charge in [-0.2, -0.15) is 11.8 Å². The Kier molecular flexibility index (Phi) is 2.99. The van der Waals surface area contributed by atoms with Crippen LogP contribution < -0.4 is 5.73 Å². The second-order valence-corrected chi connectivity index (χ2v) is 5.30. The van der Waals surface area contributed by atoms with Crippen molar-refractivity contribution >= 4 is 38.9 Å². The summed E-state index contributed by atoms with van der Waals surface area (Å²) in [6.07, 6.45) is 0. The van der Waals surface area contributed by atoms with Crippen molar-refractivity contribution in [2.75, 3.05) is 11.5 Å². The second kappa shape index (κ2) is 4.24. The number of hydrogen-bond donors (Lipinski definition) is 1. The van der Waals surface area contributed by atoms with Gasteiger partial charge in [-0.1, -0.05) is 13.0 Å². The lowest BCUT2D eigenvalue weighted by atomic mass is 10.1. The Morgan fingerprint density at radius 2 is 2.29 bits per heavy atom. The number of nitrogen functional groups attached to an aromatic ring is 1. The van der Waals surface area contributed by atoms with E-state index in [0.29, 0.717) is 0 Å². The van der Waals surface area contributed by atoms with Crippen LogP contribution in [0.1, 0.15) is 12.5 Å². The van der Waals surface area contributed by atoms with Crippen molar-refractivity contribution in [2.24, 2.45) is 0 Å². The fourth-order valence-corrected chi connectivity index (χ4v) is 3.25. The molecule has 0 aliphatic heterocycles. The van der Waals surface area contributed by atoms with Gasteiger partial charge in [0.15, 0.2) is 0 Å². The molecular formula is C11H13NS2. The molecule has 0 radical (unpaired) electrons. The van der Waals surface area contributed by atoms with E-state index >= 15 is 0 Å². The first-order valence-corrected chi connectivity index (χ1v) is 6.68. The van der Waals surface area contributed by atoms with Crippen molar-refractivity contribution in [1.82, 2.24) is 0 Å². The zero-order valence-corrected chi connectivity index (χ0v) is 9.75. The van der Waals surface area contributed by atoms with E-state index in [2.05, 4.69) is 18.4 Å². The SMILES string of the molecule is CCSCc1csc2cccc(N)c12. The molecule has 74 valence electrons. The van der Waals surface area contributed by atoms with Crippen LogP contribution in [-0.4, -0.2) is 5.75 Å². The predicted molar refractivity (Wildman–Crippen MR) is 68.1 cm³/mol. The van der Waals surface area contributed by atoms with Crippen molar-refractivity contribution in [3.63, 3.8) is 0 Å². The van der Waals surface area contributed by atoms with E-state index < -0.39 is 0 Å². The van der Waals surface area contributed by atoms with Crippen LogP contribution in [0.3, 0.4) is 0 Å². The van der Waals surface area contributed by atoms with Crippen molar-refractivity contribution in [3.05, 3.63) is 29.1 Å². The summed E-state index contributed by atoms with van der Waals surface area (Å²) < 4.78 is 1.30. The lowest BCUT2D eigenvalue weighted by Gasteiger charge is -2.00. The van der Waals surface area contributed by atoms with Gasteiger partial charge in [0.1, 0.15) is 0 Å². The third-order valence-corrected chi connectivity index (χ3v) is 4.09. The van der Waals surface area contributed by atoms with Crippen LogP contribution in [0.25, 0.3) is 10.1 Å². The van der Waals surface area contributed by atoms with Gasteiger partial charge >= 0.3 is 0 Å². The summed E-state index contributed by atoms with van der Waals surface area (Å²) in [5.41, 5.74) is 8.27. The average Bonchev–Trinajstić information content (AvgIpc) is 2.59. The molecule has 2 rings (SSSR count). The van der Waals surface area contributed by atoms with Crippen LogP contribution in [0, 0.1) is 0 Å². The summed E-state index contributed by atoms with van der Waals surface area (Å²) in [5.74, 6) is 2.23. The summed E-state index contributed by atoms with van der Waals surface area (Å²) in [6.45, 7) is 2.18. The van der Waals surface area contributed by atoms with E-state index in [0.717, 1.165) is 17.2 Å². The highest BCUT2D eigenvalue weighted by atomic mass is 32.2. The molecular weight excluding hydrogens is 210 g/mol. The zero-order valence-electron chi connectivity index (χ0n) is 8.12. The van der Waals surface area contributed by atoms with Gasteiger partial charge in [-0.05, 0) is 28.8 Å². The first kappa shape index (κ1) is 9.87. The standard InChI is InChI=1S/C11H13NS2/c1-2-13-6-8-7-14-10-5-3-4-9(12)11(8)10/h3-5,7H,2,6,12H2,1H3. The first-order chi connectivity index (χ1) is 6.83. The molecule has 2 aromatic rings. The van der Waals surface area contributed by atoms with Gasteiger partial charge in [0.25, 0.3) is 0 Å². The maximum absolute atomic E-state index is 5.97. The molecule has 0 atom stereocenters. The third kappa shape index (κ3) is 1.74. The largest absolute Gasteiger partial charge is 0.398 e. The predicted octanol–water partition coefficient (Wildman–Crippen LogP) is 3.74. The molecule has 3 heteroatoms. The summed E-state index contributed by atoms with van der Waals surface area (Å²) in [4.78, 5) is 0. The Bertz CT molecular complexity index is 434. The minimum Gasteiger partial charge on any atom is -0.398 e. The second-order valence-electron chi connectivity index (χ2n) is 3.12. The molecule has 0 spiro atoms. The first-order valence-electron chi connectivity index (χ1n) is 4.65. The number of thiophene rings is 1. The molecule has 1 nitrogen and oxygen atoms in total. The maximum atomic E-state index is 5.97. The zero-order chi connectivity index (χ0) is 9.97. The molecule has 14 heavy (non-hydrogen) atoms. The molecule has 0 amide bonds. The van der Waals surface area contributed by atoms with Gasteiger partial charge in [-0.15, -0.1) is 11.3 Å². The lowest BCUT2D eigenvalue weighted by Crippen LogP contribution is -1.87. The van der Waals surface area contributed by atoms with Crippen LogP contribution in [0.5, 0.6) is 0 Å². The van der Waals surface area contributed by atoms with E-state index in [1.54, 1.807) is 11.3 Å². The quantitative estimate of drug-likeness (QED) is 0.802. The Balaban J connectivity index is 2.45. The highest BCUT2D eigenvalue weighted by Gasteiger charge is 2.05. The topological polar surface area (TPSA) is 26.0 Å². The molecule has 0 unspecified atom stereocenters. The van der Waals surface area contributed by atoms with Crippen LogP contribution >= 0.6 is 23.1 Å². The number of anilines is 1. The Labute approximate surface area is 92.3 Å². The lowest BCUT2D eigenvalue weighted by molar-refractivity contribution is 1.45. The normalized spacial score (nSPS) is 10.9. The van der Waals surface area contributed by atoms with Gasteiger partial charge in [-0.25, -0.2) is 0 Å². The monoisotopic (exact) mass is 223 g/mol. The molecule has 0 saturated carbocycles. The van der Waals surface area contributed by atoms with E-state index in [1.165, 1.54) is 15.6 Å². The van der Waals surface area contributed by atoms with E-state index in [9.17, 15) is 0 Å². The summed E-state index contributed by atoms with van der Waals surface area (Å²) in [7, 11) is 0. The Morgan fingerprint density at radius 1 is 1.43 bits per heavy atom. The summed E-state index contributed by atoms with van der Waals surface area (Å²) in [5, 5.41) is 3.49. The van der Waals surface area contributed by atoms with E-state index in [4.69, 9.17) is 5.73 Å². The van der Waals surface area contributed by atoms with E-state index in [-0.39, 0.29) is 0 Å². The molecule has 2 N–H and O–H groups in total. The van der Waals surface area contributed by atoms with Gasteiger partial charge in [0, 0.05) is 21.5 Å². The maximum Gasteiger partial charge on any atom is 0.0405 e. The fourth-order valence-electron chi connectivity index (χ4n) is 1.50. The summed E-state index contributed by atoms with van der Waals surface area (Å²) in [6, 6.07) is 6.14. The number of fused-ring (bicyclic) bond motifs is 1.